The van der Waals surface area contributed by atoms with Gasteiger partial charge in [0.2, 0.25) is 0 Å². The Morgan fingerprint density at radius 1 is 1.10 bits per heavy atom. The molecular weight excluding hydrogens is 246 g/mol. The van der Waals surface area contributed by atoms with Crippen LogP contribution in [-0.4, -0.2) is 16.5 Å². The molecule has 20 heavy (non-hydrogen) atoms. The Labute approximate surface area is 120 Å². The molecule has 0 saturated heterocycles. The van der Waals surface area contributed by atoms with Gasteiger partial charge in [0, 0.05) is 23.6 Å². The van der Waals surface area contributed by atoms with Crippen LogP contribution in [0.3, 0.4) is 0 Å². The molecule has 104 valence electrons. The van der Waals surface area contributed by atoms with Crippen LogP contribution in [0.25, 0.3) is 11.3 Å². The molecule has 3 rings (SSSR count). The monoisotopic (exact) mass is 267 g/mol. The second-order valence-electron chi connectivity index (χ2n) is 5.57. The van der Waals surface area contributed by atoms with E-state index in [1.165, 1.54) is 24.0 Å². The average Bonchev–Trinajstić information content (AvgIpc) is 3.27. The Hall–Kier alpha value is -1.90. The number of nitrogens with one attached hydrogen (secondary N) is 1. The first-order valence-corrected chi connectivity index (χ1v) is 7.38. The second kappa shape index (κ2) is 5.23. The lowest BCUT2D eigenvalue weighted by Gasteiger charge is -2.13. The Balaban J connectivity index is 2.09. The quantitative estimate of drug-likeness (QED) is 0.907. The number of hydrogen-bond acceptors (Lipinski definition) is 3. The largest absolute Gasteiger partial charge is 0.370 e. The van der Waals surface area contributed by atoms with Gasteiger partial charge in [0.1, 0.15) is 11.6 Å². The van der Waals surface area contributed by atoms with Crippen LogP contribution >= 0.6 is 0 Å². The maximum absolute atomic E-state index is 4.83. The summed E-state index contributed by atoms with van der Waals surface area (Å²) in [5.74, 6) is 2.55. The minimum Gasteiger partial charge on any atom is -0.370 e. The molecule has 1 fully saturated rings. The maximum atomic E-state index is 4.83. The summed E-state index contributed by atoms with van der Waals surface area (Å²) in [7, 11) is 0. The van der Waals surface area contributed by atoms with E-state index in [1.54, 1.807) is 0 Å². The van der Waals surface area contributed by atoms with E-state index in [-0.39, 0.29) is 0 Å². The summed E-state index contributed by atoms with van der Waals surface area (Å²) in [5.41, 5.74) is 4.66. The Bertz CT molecular complexity index is 613. The lowest BCUT2D eigenvalue weighted by atomic mass is 10.1. The van der Waals surface area contributed by atoms with Crippen molar-refractivity contribution in [1.29, 1.82) is 0 Å². The highest BCUT2D eigenvalue weighted by Crippen LogP contribution is 2.40. The molecule has 0 bridgehead atoms. The van der Waals surface area contributed by atoms with Crippen molar-refractivity contribution in [3.63, 3.8) is 0 Å². The first kappa shape index (κ1) is 13.1. The number of hydrogen-bond donors (Lipinski definition) is 1. The summed E-state index contributed by atoms with van der Waals surface area (Å²) in [6.07, 6.45) is 2.45. The lowest BCUT2D eigenvalue weighted by molar-refractivity contribution is 0.918. The third-order valence-electron chi connectivity index (χ3n) is 3.77. The predicted octanol–water partition coefficient (Wildman–Crippen LogP) is 4.07. The lowest BCUT2D eigenvalue weighted by Crippen LogP contribution is -2.07. The summed E-state index contributed by atoms with van der Waals surface area (Å²) in [6, 6.07) is 8.58. The van der Waals surface area contributed by atoms with Gasteiger partial charge < -0.3 is 5.32 Å². The Kier molecular flexibility index (Phi) is 3.43. The molecule has 0 spiro atoms. The van der Waals surface area contributed by atoms with E-state index in [1.807, 2.05) is 0 Å². The summed E-state index contributed by atoms with van der Waals surface area (Å²) in [4.78, 5) is 9.53. The highest BCUT2D eigenvalue weighted by Gasteiger charge is 2.28. The Morgan fingerprint density at radius 2 is 1.80 bits per heavy atom. The third-order valence-corrected chi connectivity index (χ3v) is 3.77. The highest BCUT2D eigenvalue weighted by molar-refractivity contribution is 5.68. The van der Waals surface area contributed by atoms with Crippen LogP contribution in [0, 0.1) is 13.8 Å². The van der Waals surface area contributed by atoms with Gasteiger partial charge in [0.15, 0.2) is 0 Å². The van der Waals surface area contributed by atoms with Crippen molar-refractivity contribution in [2.24, 2.45) is 0 Å². The van der Waals surface area contributed by atoms with Crippen LogP contribution in [0.2, 0.25) is 0 Å². The maximum Gasteiger partial charge on any atom is 0.134 e. The first-order valence-electron chi connectivity index (χ1n) is 7.38. The fourth-order valence-electron chi connectivity index (χ4n) is 2.39. The average molecular weight is 267 g/mol. The molecule has 3 nitrogen and oxygen atoms in total. The molecule has 0 aliphatic heterocycles. The van der Waals surface area contributed by atoms with Gasteiger partial charge in [-0.2, -0.15) is 0 Å². The van der Waals surface area contributed by atoms with Crippen molar-refractivity contribution in [2.75, 3.05) is 11.9 Å². The van der Waals surface area contributed by atoms with E-state index in [4.69, 9.17) is 9.97 Å². The molecular formula is C17H21N3. The first-order chi connectivity index (χ1) is 9.69. The molecule has 1 aromatic heterocycles. The van der Waals surface area contributed by atoms with Crippen LogP contribution in [0.1, 0.15) is 42.6 Å². The van der Waals surface area contributed by atoms with E-state index in [9.17, 15) is 0 Å². The molecule has 1 aromatic carbocycles. The molecule has 1 aliphatic rings. The number of aromatic nitrogens is 2. The van der Waals surface area contributed by atoms with Gasteiger partial charge >= 0.3 is 0 Å². The number of aryl methyl sites for hydroxylation is 1. The summed E-state index contributed by atoms with van der Waals surface area (Å²) < 4.78 is 0. The van der Waals surface area contributed by atoms with Gasteiger partial charge in [-0.15, -0.1) is 0 Å². The fourth-order valence-corrected chi connectivity index (χ4v) is 2.39. The van der Waals surface area contributed by atoms with Crippen molar-refractivity contribution in [2.45, 2.75) is 39.5 Å². The van der Waals surface area contributed by atoms with Crippen molar-refractivity contribution in [3.05, 3.63) is 41.2 Å². The second-order valence-corrected chi connectivity index (χ2v) is 5.57. The standard InChI is InChI=1S/C17H21N3/c1-4-18-16-12(3)15(13-7-5-11(2)6-8-13)19-17(20-16)14-9-10-14/h5-8,14H,4,9-10H2,1-3H3,(H,18,19,20). The minimum atomic E-state index is 0.567. The molecule has 0 unspecified atom stereocenters. The highest BCUT2D eigenvalue weighted by atomic mass is 15.0. The number of nitrogens with zero attached hydrogens (tertiary/aromatic N) is 2. The van der Waals surface area contributed by atoms with E-state index in [0.717, 1.165) is 29.4 Å². The molecule has 1 heterocycles. The zero-order valence-electron chi connectivity index (χ0n) is 12.4. The van der Waals surface area contributed by atoms with Crippen molar-refractivity contribution >= 4 is 5.82 Å². The van der Waals surface area contributed by atoms with E-state index in [0.29, 0.717) is 5.92 Å². The molecule has 1 aliphatic carbocycles. The van der Waals surface area contributed by atoms with Gasteiger partial charge in [-0.05, 0) is 33.6 Å². The van der Waals surface area contributed by atoms with Gasteiger partial charge in [-0.1, -0.05) is 29.8 Å². The SMILES string of the molecule is CCNc1nc(C2CC2)nc(-c2ccc(C)cc2)c1C. The van der Waals surface area contributed by atoms with Gasteiger partial charge in [0.25, 0.3) is 0 Å². The molecule has 3 heteroatoms. The summed E-state index contributed by atoms with van der Waals surface area (Å²) in [6.45, 7) is 7.19. The molecule has 1 saturated carbocycles. The van der Waals surface area contributed by atoms with Crippen LogP contribution < -0.4 is 5.32 Å². The number of rotatable bonds is 4. The van der Waals surface area contributed by atoms with Crippen LogP contribution in [0.15, 0.2) is 24.3 Å². The van der Waals surface area contributed by atoms with E-state index in [2.05, 4.69) is 50.4 Å². The summed E-state index contributed by atoms with van der Waals surface area (Å²) in [5, 5.41) is 3.37. The minimum absolute atomic E-state index is 0.567. The van der Waals surface area contributed by atoms with E-state index >= 15 is 0 Å². The third kappa shape index (κ3) is 2.53. The zero-order chi connectivity index (χ0) is 14.1. The molecule has 0 atom stereocenters. The predicted molar refractivity (Wildman–Crippen MR) is 83.1 cm³/mol. The van der Waals surface area contributed by atoms with Crippen molar-refractivity contribution < 1.29 is 0 Å². The van der Waals surface area contributed by atoms with Gasteiger partial charge in [-0.25, -0.2) is 9.97 Å². The van der Waals surface area contributed by atoms with Crippen LogP contribution in [-0.2, 0) is 0 Å². The zero-order valence-corrected chi connectivity index (χ0v) is 12.4. The van der Waals surface area contributed by atoms with E-state index < -0.39 is 0 Å². The van der Waals surface area contributed by atoms with Crippen LogP contribution in [0.4, 0.5) is 5.82 Å². The normalized spacial score (nSPS) is 14.3. The van der Waals surface area contributed by atoms with Crippen LogP contribution in [0.5, 0.6) is 0 Å². The number of benzene rings is 1. The molecule has 0 amide bonds. The number of anilines is 1. The molecule has 1 N–H and O–H groups in total. The topological polar surface area (TPSA) is 37.8 Å². The van der Waals surface area contributed by atoms with Gasteiger partial charge in [0.05, 0.1) is 5.69 Å². The fraction of sp³-hybridized carbons (Fsp3) is 0.412. The smallest absolute Gasteiger partial charge is 0.134 e. The Morgan fingerprint density at radius 3 is 2.40 bits per heavy atom. The molecule has 2 aromatic rings. The molecule has 0 radical (unpaired) electrons. The van der Waals surface area contributed by atoms with Crippen molar-refractivity contribution in [3.8, 4) is 11.3 Å². The van der Waals surface area contributed by atoms with Crippen molar-refractivity contribution in [1.82, 2.24) is 9.97 Å². The summed E-state index contributed by atoms with van der Waals surface area (Å²) >= 11 is 0. The van der Waals surface area contributed by atoms with Gasteiger partial charge in [-0.3, -0.25) is 0 Å².